The van der Waals surface area contributed by atoms with Gasteiger partial charge in [-0.05, 0) is 11.8 Å². The van der Waals surface area contributed by atoms with Gasteiger partial charge in [0, 0.05) is 6.42 Å². The standard InChI is InChI=1S/C12H24O2/c1-4-10(2)7-5-6-8-11(3)9-12(13)14/h10-11H,4-9H2,1-3H3,(H,13,14). The molecule has 0 bridgehead atoms. The van der Waals surface area contributed by atoms with E-state index in [1.807, 2.05) is 6.92 Å². The summed E-state index contributed by atoms with van der Waals surface area (Å²) in [7, 11) is 0. The van der Waals surface area contributed by atoms with Gasteiger partial charge >= 0.3 is 5.97 Å². The molecule has 2 heteroatoms. The molecule has 84 valence electrons. The molecule has 0 heterocycles. The van der Waals surface area contributed by atoms with Crippen molar-refractivity contribution < 1.29 is 9.90 Å². The number of hydrogen-bond acceptors (Lipinski definition) is 1. The minimum atomic E-state index is -0.667. The molecule has 0 aliphatic heterocycles. The van der Waals surface area contributed by atoms with Crippen molar-refractivity contribution >= 4 is 5.97 Å². The Morgan fingerprint density at radius 3 is 2.07 bits per heavy atom. The first kappa shape index (κ1) is 13.5. The third-order valence-electron chi connectivity index (χ3n) is 2.86. The highest BCUT2D eigenvalue weighted by Crippen LogP contribution is 2.16. The average molecular weight is 200 g/mol. The van der Waals surface area contributed by atoms with Gasteiger partial charge in [0.25, 0.3) is 0 Å². The molecule has 0 saturated carbocycles. The van der Waals surface area contributed by atoms with Crippen LogP contribution in [0, 0.1) is 11.8 Å². The Bertz CT molecular complexity index is 154. The van der Waals surface area contributed by atoms with Crippen LogP contribution in [0.5, 0.6) is 0 Å². The highest BCUT2D eigenvalue weighted by Gasteiger charge is 2.07. The van der Waals surface area contributed by atoms with Crippen molar-refractivity contribution in [3.8, 4) is 0 Å². The van der Waals surface area contributed by atoms with Crippen molar-refractivity contribution in [1.82, 2.24) is 0 Å². The van der Waals surface area contributed by atoms with Crippen LogP contribution in [0.1, 0.15) is 59.3 Å². The van der Waals surface area contributed by atoms with Gasteiger partial charge in [0.05, 0.1) is 0 Å². The minimum Gasteiger partial charge on any atom is -0.481 e. The normalized spacial score (nSPS) is 15.1. The van der Waals surface area contributed by atoms with Crippen LogP contribution < -0.4 is 0 Å². The number of aliphatic carboxylic acids is 1. The molecule has 0 aliphatic carbocycles. The third-order valence-corrected chi connectivity index (χ3v) is 2.86. The number of unbranched alkanes of at least 4 members (excludes halogenated alkanes) is 1. The smallest absolute Gasteiger partial charge is 0.303 e. The molecule has 0 spiro atoms. The SMILES string of the molecule is CCC(C)CCCCC(C)CC(=O)O. The molecule has 0 fully saturated rings. The fourth-order valence-electron chi connectivity index (χ4n) is 1.59. The summed E-state index contributed by atoms with van der Waals surface area (Å²) in [5, 5.41) is 8.57. The Morgan fingerprint density at radius 2 is 1.64 bits per heavy atom. The molecular formula is C12H24O2. The van der Waals surface area contributed by atoms with Crippen LogP contribution in [-0.4, -0.2) is 11.1 Å². The van der Waals surface area contributed by atoms with E-state index in [1.54, 1.807) is 0 Å². The molecule has 0 amide bonds. The summed E-state index contributed by atoms with van der Waals surface area (Å²) in [6.45, 7) is 6.52. The zero-order valence-corrected chi connectivity index (χ0v) is 9.75. The summed E-state index contributed by atoms with van der Waals surface area (Å²) in [4.78, 5) is 10.4. The zero-order chi connectivity index (χ0) is 11.0. The Balaban J connectivity index is 3.31. The summed E-state index contributed by atoms with van der Waals surface area (Å²) >= 11 is 0. The summed E-state index contributed by atoms with van der Waals surface area (Å²) in [6, 6.07) is 0. The highest BCUT2D eigenvalue weighted by molar-refractivity contribution is 5.66. The van der Waals surface area contributed by atoms with Crippen LogP contribution in [0.4, 0.5) is 0 Å². The van der Waals surface area contributed by atoms with E-state index >= 15 is 0 Å². The lowest BCUT2D eigenvalue weighted by Gasteiger charge is -2.10. The average Bonchev–Trinajstić information content (AvgIpc) is 2.10. The third kappa shape index (κ3) is 8.09. The fourth-order valence-corrected chi connectivity index (χ4v) is 1.59. The van der Waals surface area contributed by atoms with E-state index in [9.17, 15) is 4.79 Å². The van der Waals surface area contributed by atoms with Crippen LogP contribution in [-0.2, 0) is 4.79 Å². The molecule has 0 saturated heterocycles. The van der Waals surface area contributed by atoms with Gasteiger partial charge in [-0.2, -0.15) is 0 Å². The van der Waals surface area contributed by atoms with E-state index in [0.717, 1.165) is 12.3 Å². The van der Waals surface area contributed by atoms with Gasteiger partial charge < -0.3 is 5.11 Å². The monoisotopic (exact) mass is 200 g/mol. The molecule has 0 aromatic rings. The number of carbonyl (C=O) groups is 1. The van der Waals surface area contributed by atoms with Gasteiger partial charge in [-0.15, -0.1) is 0 Å². The van der Waals surface area contributed by atoms with Crippen molar-refractivity contribution in [2.24, 2.45) is 11.8 Å². The van der Waals surface area contributed by atoms with Gasteiger partial charge in [0.1, 0.15) is 0 Å². The van der Waals surface area contributed by atoms with Gasteiger partial charge in [-0.3, -0.25) is 4.79 Å². The molecule has 0 aromatic carbocycles. The Morgan fingerprint density at radius 1 is 1.14 bits per heavy atom. The van der Waals surface area contributed by atoms with Crippen LogP contribution in [0.25, 0.3) is 0 Å². The van der Waals surface area contributed by atoms with Crippen molar-refractivity contribution in [2.75, 3.05) is 0 Å². The quantitative estimate of drug-likeness (QED) is 0.606. The van der Waals surface area contributed by atoms with Crippen LogP contribution in [0.15, 0.2) is 0 Å². The Kier molecular flexibility index (Phi) is 7.54. The molecule has 0 aromatic heterocycles. The number of carboxylic acid groups (broad SMARTS) is 1. The molecule has 0 radical (unpaired) electrons. The van der Waals surface area contributed by atoms with Crippen molar-refractivity contribution in [1.29, 1.82) is 0 Å². The second-order valence-electron chi connectivity index (χ2n) is 4.50. The number of carboxylic acids is 1. The topological polar surface area (TPSA) is 37.3 Å². The maximum absolute atomic E-state index is 10.4. The van der Waals surface area contributed by atoms with Gasteiger partial charge in [0.2, 0.25) is 0 Å². The maximum atomic E-state index is 10.4. The predicted octanol–water partition coefficient (Wildman–Crippen LogP) is 3.70. The lowest BCUT2D eigenvalue weighted by atomic mass is 9.96. The summed E-state index contributed by atoms with van der Waals surface area (Å²) in [5.41, 5.74) is 0. The van der Waals surface area contributed by atoms with E-state index in [-0.39, 0.29) is 0 Å². The first-order valence-corrected chi connectivity index (χ1v) is 5.78. The molecule has 0 aliphatic rings. The highest BCUT2D eigenvalue weighted by atomic mass is 16.4. The number of hydrogen-bond donors (Lipinski definition) is 1. The molecule has 1 N–H and O–H groups in total. The van der Waals surface area contributed by atoms with Crippen molar-refractivity contribution in [2.45, 2.75) is 59.3 Å². The van der Waals surface area contributed by atoms with Crippen molar-refractivity contribution in [3.63, 3.8) is 0 Å². The van der Waals surface area contributed by atoms with E-state index in [4.69, 9.17) is 5.11 Å². The first-order chi connectivity index (χ1) is 6.56. The Hall–Kier alpha value is -0.530. The number of rotatable bonds is 8. The van der Waals surface area contributed by atoms with Gasteiger partial charge in [-0.1, -0.05) is 52.9 Å². The molecule has 14 heavy (non-hydrogen) atoms. The second kappa shape index (κ2) is 7.84. The van der Waals surface area contributed by atoms with Crippen LogP contribution in [0.3, 0.4) is 0 Å². The summed E-state index contributed by atoms with van der Waals surface area (Å²) in [5.74, 6) is 0.494. The minimum absolute atomic E-state index is 0.323. The Labute approximate surface area is 87.7 Å². The van der Waals surface area contributed by atoms with Gasteiger partial charge in [-0.25, -0.2) is 0 Å². The lowest BCUT2D eigenvalue weighted by Crippen LogP contribution is -2.04. The largest absolute Gasteiger partial charge is 0.481 e. The molecule has 2 unspecified atom stereocenters. The maximum Gasteiger partial charge on any atom is 0.303 e. The van der Waals surface area contributed by atoms with E-state index in [2.05, 4.69) is 13.8 Å². The van der Waals surface area contributed by atoms with Gasteiger partial charge in [0.15, 0.2) is 0 Å². The fraction of sp³-hybridized carbons (Fsp3) is 0.917. The van der Waals surface area contributed by atoms with Crippen molar-refractivity contribution in [3.05, 3.63) is 0 Å². The van der Waals surface area contributed by atoms with Crippen LogP contribution in [0.2, 0.25) is 0 Å². The predicted molar refractivity (Wildman–Crippen MR) is 59.3 cm³/mol. The first-order valence-electron chi connectivity index (χ1n) is 5.78. The molecule has 0 rings (SSSR count). The molecular weight excluding hydrogens is 176 g/mol. The zero-order valence-electron chi connectivity index (χ0n) is 9.75. The summed E-state index contributed by atoms with van der Waals surface area (Å²) < 4.78 is 0. The van der Waals surface area contributed by atoms with E-state index in [1.165, 1.54) is 25.7 Å². The molecule has 2 nitrogen and oxygen atoms in total. The van der Waals surface area contributed by atoms with Crippen LogP contribution >= 0.6 is 0 Å². The lowest BCUT2D eigenvalue weighted by molar-refractivity contribution is -0.138. The summed E-state index contributed by atoms with van der Waals surface area (Å²) in [6.07, 6.45) is 6.35. The van der Waals surface area contributed by atoms with E-state index in [0.29, 0.717) is 12.3 Å². The molecule has 2 atom stereocenters. The van der Waals surface area contributed by atoms with E-state index < -0.39 is 5.97 Å². The second-order valence-corrected chi connectivity index (χ2v) is 4.50.